The van der Waals surface area contributed by atoms with Gasteiger partial charge in [-0.3, -0.25) is 4.98 Å². The minimum absolute atomic E-state index is 0.249. The van der Waals surface area contributed by atoms with Crippen LogP contribution in [0.4, 0.5) is 0 Å². The first-order chi connectivity index (χ1) is 24.1. The van der Waals surface area contributed by atoms with E-state index in [0.717, 1.165) is 82.2 Å². The van der Waals surface area contributed by atoms with Crippen LogP contribution in [0.5, 0.6) is 23.0 Å². The van der Waals surface area contributed by atoms with Gasteiger partial charge in [0.2, 0.25) is 0 Å². The fourth-order valence-electron chi connectivity index (χ4n) is 6.15. The lowest BCUT2D eigenvalue weighted by Gasteiger charge is -2.18. The minimum Gasteiger partial charge on any atom is -0.490 e. The predicted octanol–water partition coefficient (Wildman–Crippen LogP) is 13.4. The van der Waals surface area contributed by atoms with Gasteiger partial charge in [-0.2, -0.15) is 0 Å². The first-order valence-corrected chi connectivity index (χ1v) is 18.5. The molecule has 0 amide bonds. The molecule has 4 heteroatoms. The molecule has 0 radical (unpaired) electrons. The maximum atomic E-state index is 6.56. The van der Waals surface area contributed by atoms with Gasteiger partial charge in [-0.15, -0.1) is 0 Å². The molecular formula is C45H53NO3. The highest BCUT2D eigenvalue weighted by atomic mass is 16.5. The smallest absolute Gasteiger partial charge is 0.128 e. The number of aromatic nitrogens is 1. The highest BCUT2D eigenvalue weighted by molar-refractivity contribution is 5.76. The molecule has 0 spiro atoms. The van der Waals surface area contributed by atoms with Gasteiger partial charge < -0.3 is 14.2 Å². The maximum Gasteiger partial charge on any atom is 0.128 e. The standard InChI is InChI=1S/C45H53NO3/c1-5-9-11-17-39(7-3)47-41-25-21-34(22-26-41)37-30-38(35-23-27-42(28-24-35)48-40(8-4)18-12-10-6-2)33-44(32-37)49-43-19-15-16-36(31-43)45-20-13-14-29-46-45/h13-16,19-33,39-40H,5-12,17-18H2,1-4H3. The third-order valence-corrected chi connectivity index (χ3v) is 9.09. The van der Waals surface area contributed by atoms with Crippen molar-refractivity contribution in [3.8, 4) is 56.5 Å². The van der Waals surface area contributed by atoms with E-state index in [9.17, 15) is 0 Å². The molecule has 0 aliphatic carbocycles. The third kappa shape index (κ3) is 10.7. The Morgan fingerprint density at radius 3 is 1.51 bits per heavy atom. The van der Waals surface area contributed by atoms with E-state index in [1.165, 1.54) is 38.5 Å². The molecule has 0 aliphatic heterocycles. The molecule has 2 unspecified atom stereocenters. The van der Waals surface area contributed by atoms with E-state index in [1.54, 1.807) is 0 Å². The Morgan fingerprint density at radius 1 is 0.469 bits per heavy atom. The number of rotatable bonds is 19. The van der Waals surface area contributed by atoms with Gasteiger partial charge in [0, 0.05) is 11.8 Å². The summed E-state index contributed by atoms with van der Waals surface area (Å²) in [5.41, 5.74) is 6.31. The number of benzene rings is 4. The van der Waals surface area contributed by atoms with Gasteiger partial charge in [0.15, 0.2) is 0 Å². The Hall–Kier alpha value is -4.57. The SMILES string of the molecule is CCCCCC(CC)Oc1ccc(-c2cc(Oc3cccc(-c4ccccn4)c3)cc(-c3ccc(OC(CC)CCCCC)cc3)c2)cc1. The Bertz CT molecular complexity index is 1600. The Balaban J connectivity index is 1.41. The van der Waals surface area contributed by atoms with Crippen molar-refractivity contribution in [3.63, 3.8) is 0 Å². The summed E-state index contributed by atoms with van der Waals surface area (Å²) in [6.45, 7) is 8.90. The zero-order valence-electron chi connectivity index (χ0n) is 29.9. The number of hydrogen-bond acceptors (Lipinski definition) is 4. The highest BCUT2D eigenvalue weighted by Gasteiger charge is 2.13. The number of hydrogen-bond donors (Lipinski definition) is 0. The van der Waals surface area contributed by atoms with Crippen LogP contribution in [-0.4, -0.2) is 17.2 Å². The number of ether oxygens (including phenoxy) is 3. The minimum atomic E-state index is 0.249. The molecule has 256 valence electrons. The molecule has 0 saturated carbocycles. The predicted molar refractivity (Wildman–Crippen MR) is 205 cm³/mol. The van der Waals surface area contributed by atoms with Gasteiger partial charge >= 0.3 is 0 Å². The third-order valence-electron chi connectivity index (χ3n) is 9.09. The van der Waals surface area contributed by atoms with Crippen molar-refractivity contribution >= 4 is 0 Å². The largest absolute Gasteiger partial charge is 0.490 e. The fourth-order valence-corrected chi connectivity index (χ4v) is 6.15. The van der Waals surface area contributed by atoms with E-state index < -0.39 is 0 Å². The van der Waals surface area contributed by atoms with Crippen LogP contribution < -0.4 is 14.2 Å². The molecule has 0 saturated heterocycles. The lowest BCUT2D eigenvalue weighted by atomic mass is 9.98. The Morgan fingerprint density at radius 2 is 1.02 bits per heavy atom. The van der Waals surface area contributed by atoms with E-state index in [1.807, 2.05) is 42.6 Å². The van der Waals surface area contributed by atoms with Gasteiger partial charge in [0.25, 0.3) is 0 Å². The highest BCUT2D eigenvalue weighted by Crippen LogP contribution is 2.36. The summed E-state index contributed by atoms with van der Waals surface area (Å²) in [6.07, 6.45) is 13.9. The molecule has 0 bridgehead atoms. The second kappa shape index (κ2) is 18.8. The van der Waals surface area contributed by atoms with Crippen molar-refractivity contribution in [1.82, 2.24) is 4.98 Å². The number of unbranched alkanes of at least 4 members (excludes halogenated alkanes) is 4. The van der Waals surface area contributed by atoms with Gasteiger partial charge in [-0.1, -0.05) is 95.8 Å². The van der Waals surface area contributed by atoms with Gasteiger partial charge in [-0.05, 0) is 128 Å². The summed E-state index contributed by atoms with van der Waals surface area (Å²) in [6, 6.07) is 37.5. The van der Waals surface area contributed by atoms with Crippen LogP contribution in [0.2, 0.25) is 0 Å². The zero-order valence-corrected chi connectivity index (χ0v) is 29.9. The van der Waals surface area contributed by atoms with E-state index >= 15 is 0 Å². The molecule has 4 nitrogen and oxygen atoms in total. The summed E-state index contributed by atoms with van der Waals surface area (Å²) < 4.78 is 19.3. The van der Waals surface area contributed by atoms with E-state index in [-0.39, 0.29) is 12.2 Å². The zero-order chi connectivity index (χ0) is 34.3. The molecule has 4 aromatic carbocycles. The summed E-state index contributed by atoms with van der Waals surface area (Å²) in [7, 11) is 0. The van der Waals surface area contributed by atoms with Crippen LogP contribution in [0.25, 0.3) is 33.5 Å². The van der Waals surface area contributed by atoms with Crippen molar-refractivity contribution in [2.75, 3.05) is 0 Å². The summed E-state index contributed by atoms with van der Waals surface area (Å²) >= 11 is 0. The second-order valence-electron chi connectivity index (χ2n) is 12.9. The topological polar surface area (TPSA) is 40.6 Å². The van der Waals surface area contributed by atoms with Gasteiger partial charge in [0.1, 0.15) is 23.0 Å². The van der Waals surface area contributed by atoms with Crippen LogP contribution in [-0.2, 0) is 0 Å². The molecule has 5 rings (SSSR count). The van der Waals surface area contributed by atoms with Gasteiger partial charge in [-0.25, -0.2) is 0 Å². The van der Waals surface area contributed by atoms with Crippen molar-refractivity contribution in [2.45, 2.75) is 104 Å². The van der Waals surface area contributed by atoms with Crippen LogP contribution in [0, 0.1) is 0 Å². The maximum absolute atomic E-state index is 6.56. The summed E-state index contributed by atoms with van der Waals surface area (Å²) in [4.78, 5) is 4.53. The number of nitrogens with zero attached hydrogens (tertiary/aromatic N) is 1. The van der Waals surface area contributed by atoms with E-state index in [0.29, 0.717) is 0 Å². The molecule has 49 heavy (non-hydrogen) atoms. The van der Waals surface area contributed by atoms with Crippen LogP contribution in [0.15, 0.2) is 115 Å². The summed E-state index contributed by atoms with van der Waals surface area (Å²) in [5.74, 6) is 3.37. The van der Waals surface area contributed by atoms with Crippen LogP contribution in [0.3, 0.4) is 0 Å². The van der Waals surface area contributed by atoms with E-state index in [2.05, 4.69) is 105 Å². The monoisotopic (exact) mass is 655 g/mol. The molecule has 5 aromatic rings. The van der Waals surface area contributed by atoms with Crippen LogP contribution >= 0.6 is 0 Å². The second-order valence-corrected chi connectivity index (χ2v) is 12.9. The summed E-state index contributed by atoms with van der Waals surface area (Å²) in [5, 5.41) is 0. The molecule has 0 aliphatic rings. The first-order valence-electron chi connectivity index (χ1n) is 18.5. The van der Waals surface area contributed by atoms with Crippen LogP contribution in [0.1, 0.15) is 91.9 Å². The van der Waals surface area contributed by atoms with Crippen molar-refractivity contribution in [2.24, 2.45) is 0 Å². The quantitative estimate of drug-likeness (QED) is 0.0830. The molecule has 0 fully saturated rings. The van der Waals surface area contributed by atoms with Crippen molar-refractivity contribution < 1.29 is 14.2 Å². The molecular weight excluding hydrogens is 602 g/mol. The molecule has 1 aromatic heterocycles. The Labute approximate surface area is 294 Å². The Kier molecular flexibility index (Phi) is 13.7. The molecule has 0 N–H and O–H groups in total. The fraction of sp³-hybridized carbons (Fsp3) is 0.356. The normalized spacial score (nSPS) is 12.3. The molecule has 2 atom stereocenters. The van der Waals surface area contributed by atoms with Crippen molar-refractivity contribution in [3.05, 3.63) is 115 Å². The average molecular weight is 656 g/mol. The molecule has 1 heterocycles. The lowest BCUT2D eigenvalue weighted by Crippen LogP contribution is -2.15. The van der Waals surface area contributed by atoms with Crippen molar-refractivity contribution in [1.29, 1.82) is 0 Å². The number of pyridine rings is 1. The first kappa shape index (κ1) is 35.7. The van der Waals surface area contributed by atoms with E-state index in [4.69, 9.17) is 14.2 Å². The average Bonchev–Trinajstić information content (AvgIpc) is 3.15. The van der Waals surface area contributed by atoms with Gasteiger partial charge in [0.05, 0.1) is 17.9 Å². The lowest BCUT2D eigenvalue weighted by molar-refractivity contribution is 0.182.